The lowest BCUT2D eigenvalue weighted by Gasteiger charge is -2.39. The van der Waals surface area contributed by atoms with Crippen LogP contribution in [0.1, 0.15) is 36.5 Å². The molecule has 0 bridgehead atoms. The highest BCUT2D eigenvalue weighted by molar-refractivity contribution is 5.95. The molecule has 1 aliphatic heterocycles. The van der Waals surface area contributed by atoms with Crippen molar-refractivity contribution in [1.29, 1.82) is 0 Å². The number of carboxylic acids is 1. The van der Waals surface area contributed by atoms with Crippen molar-refractivity contribution in [2.75, 3.05) is 13.1 Å². The third-order valence-electron chi connectivity index (χ3n) is 4.16. The molecule has 2 rings (SSSR count). The third kappa shape index (κ3) is 2.89. The van der Waals surface area contributed by atoms with E-state index in [-0.39, 0.29) is 12.1 Å². The van der Waals surface area contributed by atoms with Crippen LogP contribution in [0.5, 0.6) is 0 Å². The summed E-state index contributed by atoms with van der Waals surface area (Å²) < 4.78 is 26.6. The van der Waals surface area contributed by atoms with Crippen molar-refractivity contribution < 1.29 is 23.5 Å². The Labute approximate surface area is 121 Å². The number of carboxylic acid groups (broad SMARTS) is 1. The fraction of sp³-hybridized carbons (Fsp3) is 0.467. The number of nitrogens with zero attached hydrogens (tertiary/aromatic N) is 1. The first-order chi connectivity index (χ1) is 9.89. The fourth-order valence-electron chi connectivity index (χ4n) is 2.75. The van der Waals surface area contributed by atoms with E-state index in [4.69, 9.17) is 0 Å². The Hall–Kier alpha value is -1.98. The molecule has 0 aliphatic carbocycles. The van der Waals surface area contributed by atoms with Crippen LogP contribution >= 0.6 is 0 Å². The molecule has 1 amide bonds. The molecule has 0 spiro atoms. The molecule has 4 nitrogen and oxygen atoms in total. The lowest BCUT2D eigenvalue weighted by atomic mass is 9.77. The Balaban J connectivity index is 2.25. The van der Waals surface area contributed by atoms with Gasteiger partial charge in [0, 0.05) is 19.2 Å². The molecular weight excluding hydrogens is 280 g/mol. The second-order valence-corrected chi connectivity index (χ2v) is 5.39. The minimum atomic E-state index is -0.982. The van der Waals surface area contributed by atoms with Gasteiger partial charge in [-0.3, -0.25) is 9.59 Å². The first-order valence-electron chi connectivity index (χ1n) is 6.87. The van der Waals surface area contributed by atoms with Gasteiger partial charge in [-0.2, -0.15) is 0 Å². The number of likely N-dealkylation sites (tertiary alicyclic amines) is 1. The second-order valence-electron chi connectivity index (χ2n) is 5.39. The average molecular weight is 297 g/mol. The SMILES string of the molecule is CC[C@]1(C(=O)O)CCCN(C(=O)c2ccc(F)cc2F)C1. The van der Waals surface area contributed by atoms with Crippen LogP contribution in [0.4, 0.5) is 8.78 Å². The number of hydrogen-bond donors (Lipinski definition) is 1. The van der Waals surface area contributed by atoms with Crippen LogP contribution in [-0.2, 0) is 4.79 Å². The number of rotatable bonds is 3. The van der Waals surface area contributed by atoms with Crippen LogP contribution in [-0.4, -0.2) is 35.0 Å². The summed E-state index contributed by atoms with van der Waals surface area (Å²) in [7, 11) is 0. The second kappa shape index (κ2) is 5.79. The van der Waals surface area contributed by atoms with Gasteiger partial charge in [0.05, 0.1) is 11.0 Å². The average Bonchev–Trinajstić information content (AvgIpc) is 2.46. The zero-order valence-electron chi connectivity index (χ0n) is 11.7. The van der Waals surface area contributed by atoms with E-state index in [2.05, 4.69) is 0 Å². The van der Waals surface area contributed by atoms with E-state index in [0.717, 1.165) is 12.1 Å². The van der Waals surface area contributed by atoms with Gasteiger partial charge >= 0.3 is 5.97 Å². The Morgan fingerprint density at radius 2 is 2.10 bits per heavy atom. The summed E-state index contributed by atoms with van der Waals surface area (Å²) in [6.07, 6.45) is 1.45. The number of benzene rings is 1. The zero-order valence-corrected chi connectivity index (χ0v) is 11.7. The van der Waals surface area contributed by atoms with E-state index in [1.807, 2.05) is 0 Å². The summed E-state index contributed by atoms with van der Waals surface area (Å²) in [6, 6.07) is 2.77. The van der Waals surface area contributed by atoms with Gasteiger partial charge in [-0.1, -0.05) is 6.92 Å². The van der Waals surface area contributed by atoms with E-state index in [9.17, 15) is 23.5 Å². The normalized spacial score (nSPS) is 22.1. The molecule has 0 radical (unpaired) electrons. The molecule has 1 saturated heterocycles. The van der Waals surface area contributed by atoms with E-state index >= 15 is 0 Å². The molecule has 0 aromatic heterocycles. The summed E-state index contributed by atoms with van der Waals surface area (Å²) in [5, 5.41) is 9.39. The van der Waals surface area contributed by atoms with Crippen molar-refractivity contribution in [3.8, 4) is 0 Å². The van der Waals surface area contributed by atoms with Gasteiger partial charge in [0.25, 0.3) is 5.91 Å². The quantitative estimate of drug-likeness (QED) is 0.933. The zero-order chi connectivity index (χ0) is 15.6. The third-order valence-corrected chi connectivity index (χ3v) is 4.16. The summed E-state index contributed by atoms with van der Waals surface area (Å²) in [5.74, 6) is -3.22. The van der Waals surface area contributed by atoms with Crippen LogP contribution in [0.25, 0.3) is 0 Å². The molecule has 1 aliphatic rings. The van der Waals surface area contributed by atoms with Crippen molar-refractivity contribution in [3.63, 3.8) is 0 Å². The first kappa shape index (κ1) is 15.4. The molecular formula is C15H17F2NO3. The molecule has 114 valence electrons. The van der Waals surface area contributed by atoms with Crippen molar-refractivity contribution in [3.05, 3.63) is 35.4 Å². The number of halogens is 2. The number of piperidine rings is 1. The van der Waals surface area contributed by atoms with Gasteiger partial charge in [0.2, 0.25) is 0 Å². The highest BCUT2D eigenvalue weighted by Gasteiger charge is 2.42. The Bertz CT molecular complexity index is 576. The molecule has 1 N–H and O–H groups in total. The van der Waals surface area contributed by atoms with Crippen LogP contribution in [0, 0.1) is 17.0 Å². The maximum atomic E-state index is 13.7. The Kier molecular flexibility index (Phi) is 4.25. The van der Waals surface area contributed by atoms with Gasteiger partial charge in [-0.25, -0.2) is 8.78 Å². The topological polar surface area (TPSA) is 57.6 Å². The van der Waals surface area contributed by atoms with E-state index in [1.54, 1.807) is 6.92 Å². The predicted octanol–water partition coefficient (Wildman–Crippen LogP) is 2.68. The number of aliphatic carboxylic acids is 1. The van der Waals surface area contributed by atoms with Gasteiger partial charge in [0.1, 0.15) is 11.6 Å². The standard InChI is InChI=1S/C15H17F2NO3/c1-2-15(14(20)21)6-3-7-18(9-15)13(19)11-5-4-10(16)8-12(11)17/h4-5,8H,2-3,6-7,9H2,1H3,(H,20,21)/t15-/m0/s1. The summed E-state index contributed by atoms with van der Waals surface area (Å²) >= 11 is 0. The largest absolute Gasteiger partial charge is 0.481 e. The van der Waals surface area contributed by atoms with Crippen molar-refractivity contribution >= 4 is 11.9 Å². The van der Waals surface area contributed by atoms with Crippen LogP contribution in [0.3, 0.4) is 0 Å². The lowest BCUT2D eigenvalue weighted by molar-refractivity contribution is -0.152. The molecule has 1 aromatic rings. The minimum absolute atomic E-state index is 0.0501. The van der Waals surface area contributed by atoms with Gasteiger partial charge in [-0.15, -0.1) is 0 Å². The molecule has 1 heterocycles. The Morgan fingerprint density at radius 3 is 2.67 bits per heavy atom. The molecule has 0 saturated carbocycles. The number of carbonyl (C=O) groups excluding carboxylic acids is 1. The van der Waals surface area contributed by atoms with Crippen molar-refractivity contribution in [2.45, 2.75) is 26.2 Å². The molecule has 1 fully saturated rings. The van der Waals surface area contributed by atoms with Crippen LogP contribution in [0.15, 0.2) is 18.2 Å². The van der Waals surface area contributed by atoms with Gasteiger partial charge in [0.15, 0.2) is 0 Å². The molecule has 21 heavy (non-hydrogen) atoms. The summed E-state index contributed by atoms with van der Waals surface area (Å²) in [5.41, 5.74) is -1.21. The highest BCUT2D eigenvalue weighted by Crippen LogP contribution is 2.34. The minimum Gasteiger partial charge on any atom is -0.481 e. The molecule has 1 atom stereocenters. The van der Waals surface area contributed by atoms with Gasteiger partial charge in [-0.05, 0) is 31.4 Å². The molecule has 6 heteroatoms. The van der Waals surface area contributed by atoms with E-state index < -0.39 is 28.9 Å². The predicted molar refractivity (Wildman–Crippen MR) is 71.9 cm³/mol. The van der Waals surface area contributed by atoms with E-state index in [1.165, 1.54) is 4.90 Å². The van der Waals surface area contributed by atoms with E-state index in [0.29, 0.717) is 31.9 Å². The monoisotopic (exact) mass is 297 g/mol. The lowest BCUT2D eigenvalue weighted by Crippen LogP contribution is -2.49. The molecule has 0 unspecified atom stereocenters. The molecule has 1 aromatic carbocycles. The number of amides is 1. The number of carbonyl (C=O) groups is 2. The Morgan fingerprint density at radius 1 is 1.38 bits per heavy atom. The first-order valence-corrected chi connectivity index (χ1v) is 6.87. The van der Waals surface area contributed by atoms with Crippen molar-refractivity contribution in [2.24, 2.45) is 5.41 Å². The number of hydrogen-bond acceptors (Lipinski definition) is 2. The van der Waals surface area contributed by atoms with Crippen LogP contribution in [0.2, 0.25) is 0 Å². The summed E-state index contributed by atoms with van der Waals surface area (Å²) in [4.78, 5) is 25.1. The maximum Gasteiger partial charge on any atom is 0.311 e. The fourth-order valence-corrected chi connectivity index (χ4v) is 2.75. The van der Waals surface area contributed by atoms with Gasteiger partial charge < -0.3 is 10.0 Å². The highest BCUT2D eigenvalue weighted by atomic mass is 19.1. The maximum absolute atomic E-state index is 13.7. The van der Waals surface area contributed by atoms with Crippen molar-refractivity contribution in [1.82, 2.24) is 4.90 Å². The smallest absolute Gasteiger partial charge is 0.311 e. The summed E-state index contributed by atoms with van der Waals surface area (Å²) in [6.45, 7) is 2.19. The van der Waals surface area contributed by atoms with Crippen LogP contribution < -0.4 is 0 Å².